The Morgan fingerprint density at radius 2 is 1.92 bits per heavy atom. The zero-order valence-corrected chi connectivity index (χ0v) is 14.6. The van der Waals surface area contributed by atoms with Crippen molar-refractivity contribution in [2.45, 2.75) is 37.9 Å². The molecule has 7 heteroatoms. The van der Waals surface area contributed by atoms with Gasteiger partial charge in [-0.15, -0.1) is 10.2 Å². The molecule has 0 amide bonds. The first-order valence-electron chi connectivity index (χ1n) is 8.63. The summed E-state index contributed by atoms with van der Waals surface area (Å²) in [5.74, 6) is 2.47. The van der Waals surface area contributed by atoms with Crippen LogP contribution >= 0.6 is 0 Å². The van der Waals surface area contributed by atoms with Crippen molar-refractivity contribution in [1.82, 2.24) is 29.6 Å². The highest BCUT2D eigenvalue weighted by molar-refractivity contribution is 5.73. The Labute approximate surface area is 146 Å². The Morgan fingerprint density at radius 3 is 2.68 bits per heavy atom. The standard InChI is InChI=1S/C18H23N7/c1-24(10-14-9-20-15-5-3-4-6-16(15)21-14)11-17-22-23-18(25(17)2)12-7-13(19)8-12/h3-6,9,12-13H,7-8,10-11,19H2,1-2H3. The molecule has 0 unspecified atom stereocenters. The van der Waals surface area contributed by atoms with E-state index in [4.69, 9.17) is 5.73 Å². The predicted molar refractivity (Wildman–Crippen MR) is 95.7 cm³/mol. The fraction of sp³-hybridized carbons (Fsp3) is 0.444. The smallest absolute Gasteiger partial charge is 0.146 e. The summed E-state index contributed by atoms with van der Waals surface area (Å²) in [7, 11) is 4.10. The first-order valence-corrected chi connectivity index (χ1v) is 8.63. The van der Waals surface area contributed by atoms with Crippen LogP contribution in [0.1, 0.15) is 36.1 Å². The van der Waals surface area contributed by atoms with Crippen LogP contribution < -0.4 is 5.73 Å². The fourth-order valence-corrected chi connectivity index (χ4v) is 3.39. The van der Waals surface area contributed by atoms with Crippen molar-refractivity contribution in [3.8, 4) is 0 Å². The van der Waals surface area contributed by atoms with Crippen LogP contribution in [0, 0.1) is 0 Å². The second-order valence-corrected chi connectivity index (χ2v) is 6.98. The highest BCUT2D eigenvalue weighted by Gasteiger charge is 2.31. The number of para-hydroxylation sites is 2. The van der Waals surface area contributed by atoms with E-state index in [1.807, 2.05) is 37.5 Å². The van der Waals surface area contributed by atoms with Crippen molar-refractivity contribution in [3.63, 3.8) is 0 Å². The molecule has 2 aromatic heterocycles. The van der Waals surface area contributed by atoms with Gasteiger partial charge in [0.25, 0.3) is 0 Å². The van der Waals surface area contributed by atoms with Gasteiger partial charge in [-0.25, -0.2) is 4.98 Å². The highest BCUT2D eigenvalue weighted by Crippen LogP contribution is 2.34. The van der Waals surface area contributed by atoms with Crippen LogP contribution in [-0.4, -0.2) is 42.7 Å². The highest BCUT2D eigenvalue weighted by atomic mass is 15.3. The van der Waals surface area contributed by atoms with Gasteiger partial charge in [0.1, 0.15) is 11.6 Å². The Morgan fingerprint density at radius 1 is 1.16 bits per heavy atom. The second kappa shape index (κ2) is 6.50. The van der Waals surface area contributed by atoms with E-state index in [1.54, 1.807) is 0 Å². The van der Waals surface area contributed by atoms with Crippen LogP contribution in [0.5, 0.6) is 0 Å². The average molecular weight is 337 g/mol. The number of aromatic nitrogens is 5. The molecule has 1 aromatic carbocycles. The number of nitrogens with zero attached hydrogens (tertiary/aromatic N) is 6. The third kappa shape index (κ3) is 3.25. The van der Waals surface area contributed by atoms with Gasteiger partial charge in [-0.05, 0) is 32.0 Å². The molecule has 25 heavy (non-hydrogen) atoms. The van der Waals surface area contributed by atoms with Crippen molar-refractivity contribution >= 4 is 11.0 Å². The lowest BCUT2D eigenvalue weighted by Gasteiger charge is -2.31. The zero-order chi connectivity index (χ0) is 17.4. The van der Waals surface area contributed by atoms with E-state index >= 15 is 0 Å². The molecule has 2 heterocycles. The predicted octanol–water partition coefficient (Wildman–Crippen LogP) is 1.59. The summed E-state index contributed by atoms with van der Waals surface area (Å²) in [6, 6.07) is 8.24. The summed E-state index contributed by atoms with van der Waals surface area (Å²) in [4.78, 5) is 11.3. The summed E-state index contributed by atoms with van der Waals surface area (Å²) in [6.07, 6.45) is 3.86. The lowest BCUT2D eigenvalue weighted by Crippen LogP contribution is -2.36. The van der Waals surface area contributed by atoms with Crippen molar-refractivity contribution in [2.75, 3.05) is 7.05 Å². The van der Waals surface area contributed by atoms with Crippen LogP contribution in [-0.2, 0) is 20.1 Å². The van der Waals surface area contributed by atoms with Gasteiger partial charge < -0.3 is 10.3 Å². The van der Waals surface area contributed by atoms with Gasteiger partial charge in [0, 0.05) is 25.6 Å². The number of nitrogens with two attached hydrogens (primary N) is 1. The number of benzene rings is 1. The summed E-state index contributed by atoms with van der Waals surface area (Å²) in [6.45, 7) is 1.44. The molecule has 0 radical (unpaired) electrons. The molecule has 130 valence electrons. The molecule has 0 aliphatic heterocycles. The molecular formula is C18H23N7. The van der Waals surface area contributed by atoms with E-state index in [0.717, 1.165) is 47.8 Å². The number of rotatable bonds is 5. The van der Waals surface area contributed by atoms with Crippen LogP contribution in [0.25, 0.3) is 11.0 Å². The maximum Gasteiger partial charge on any atom is 0.146 e. The summed E-state index contributed by atoms with van der Waals surface area (Å²) < 4.78 is 2.11. The van der Waals surface area contributed by atoms with Crippen LogP contribution in [0.15, 0.2) is 30.5 Å². The summed E-state index contributed by atoms with van der Waals surface area (Å²) in [5, 5.41) is 8.75. The van der Waals surface area contributed by atoms with Crippen LogP contribution in [0.2, 0.25) is 0 Å². The molecule has 3 aromatic rings. The second-order valence-electron chi connectivity index (χ2n) is 6.98. The molecule has 1 saturated carbocycles. The van der Waals surface area contributed by atoms with Gasteiger partial charge in [-0.2, -0.15) is 0 Å². The molecule has 1 aliphatic carbocycles. The van der Waals surface area contributed by atoms with Gasteiger partial charge in [0.15, 0.2) is 0 Å². The van der Waals surface area contributed by atoms with Gasteiger partial charge in [-0.1, -0.05) is 12.1 Å². The van der Waals surface area contributed by atoms with E-state index in [2.05, 4.69) is 36.7 Å². The lowest BCUT2D eigenvalue weighted by molar-refractivity contribution is 0.299. The first kappa shape index (κ1) is 16.1. The number of hydrogen-bond donors (Lipinski definition) is 1. The van der Waals surface area contributed by atoms with E-state index in [9.17, 15) is 0 Å². The molecule has 1 aliphatic rings. The van der Waals surface area contributed by atoms with E-state index < -0.39 is 0 Å². The lowest BCUT2D eigenvalue weighted by atomic mass is 9.80. The molecule has 0 bridgehead atoms. The summed E-state index contributed by atoms with van der Waals surface area (Å²) in [5.41, 5.74) is 8.69. The number of fused-ring (bicyclic) bond motifs is 1. The molecule has 1 fully saturated rings. The van der Waals surface area contributed by atoms with E-state index in [-0.39, 0.29) is 0 Å². The maximum atomic E-state index is 5.89. The maximum absolute atomic E-state index is 5.89. The van der Waals surface area contributed by atoms with Crippen molar-refractivity contribution < 1.29 is 0 Å². The third-order valence-corrected chi connectivity index (χ3v) is 4.88. The van der Waals surface area contributed by atoms with Gasteiger partial charge in [0.2, 0.25) is 0 Å². The van der Waals surface area contributed by atoms with E-state index in [0.29, 0.717) is 18.5 Å². The molecular weight excluding hydrogens is 314 g/mol. The van der Waals surface area contributed by atoms with Crippen molar-refractivity contribution in [2.24, 2.45) is 12.8 Å². The molecule has 4 rings (SSSR count). The zero-order valence-electron chi connectivity index (χ0n) is 14.6. The van der Waals surface area contributed by atoms with Gasteiger partial charge in [0.05, 0.1) is 29.5 Å². The average Bonchev–Trinajstić information content (AvgIpc) is 2.92. The Kier molecular flexibility index (Phi) is 4.19. The van der Waals surface area contributed by atoms with Crippen molar-refractivity contribution in [3.05, 3.63) is 47.8 Å². The van der Waals surface area contributed by atoms with Gasteiger partial charge >= 0.3 is 0 Å². The van der Waals surface area contributed by atoms with Crippen LogP contribution in [0.4, 0.5) is 0 Å². The largest absolute Gasteiger partial charge is 0.328 e. The van der Waals surface area contributed by atoms with Crippen LogP contribution in [0.3, 0.4) is 0 Å². The first-order chi connectivity index (χ1) is 12.1. The molecule has 0 saturated heterocycles. The monoisotopic (exact) mass is 337 g/mol. The number of hydrogen-bond acceptors (Lipinski definition) is 6. The SMILES string of the molecule is CN(Cc1cnc2ccccc2n1)Cc1nnc(C2CC(N)C2)n1C. The topological polar surface area (TPSA) is 85.8 Å². The third-order valence-electron chi connectivity index (χ3n) is 4.88. The molecule has 0 atom stereocenters. The Bertz CT molecular complexity index is 882. The van der Waals surface area contributed by atoms with E-state index in [1.165, 1.54) is 0 Å². The molecule has 7 nitrogen and oxygen atoms in total. The Hall–Kier alpha value is -2.38. The molecule has 0 spiro atoms. The quantitative estimate of drug-likeness (QED) is 0.761. The molecule has 2 N–H and O–H groups in total. The van der Waals surface area contributed by atoms with Gasteiger partial charge in [-0.3, -0.25) is 9.88 Å². The Balaban J connectivity index is 1.44. The minimum Gasteiger partial charge on any atom is -0.328 e. The van der Waals surface area contributed by atoms with Crippen molar-refractivity contribution in [1.29, 1.82) is 0 Å². The minimum absolute atomic E-state index is 0.319. The summed E-state index contributed by atoms with van der Waals surface area (Å²) >= 11 is 0. The minimum atomic E-state index is 0.319. The normalized spacial score (nSPS) is 20.2. The fourth-order valence-electron chi connectivity index (χ4n) is 3.39.